The van der Waals surface area contributed by atoms with Crippen LogP contribution in [0.1, 0.15) is 5.56 Å². The first-order chi connectivity index (χ1) is 13.1. The Bertz CT molecular complexity index is 776. The predicted octanol–water partition coefficient (Wildman–Crippen LogP) is 5.50. The van der Waals surface area contributed by atoms with Gasteiger partial charge in [0.05, 0.1) is 0 Å². The molecule has 0 spiro atoms. The van der Waals surface area contributed by atoms with Gasteiger partial charge in [-0.05, 0) is 0 Å². The molecule has 1 aromatic carbocycles. The molecule has 0 aromatic heterocycles. The van der Waals surface area contributed by atoms with Crippen molar-refractivity contribution in [2.75, 3.05) is 0 Å². The molecule has 1 rings (SSSR count). The van der Waals surface area contributed by atoms with Crippen molar-refractivity contribution in [3.05, 3.63) is 39.9 Å². The molecule has 0 heterocycles. The van der Waals surface area contributed by atoms with E-state index in [0.29, 0.717) is 12.1 Å². The van der Waals surface area contributed by atoms with Crippen LogP contribution in [0.3, 0.4) is 0 Å². The molecule has 17 heteroatoms. The number of non-ortho nitro benzene ring substituents is 1. The molecule has 0 radical (unpaired) electrons. The first-order valence-electron chi connectivity index (χ1n) is 6.96. The van der Waals surface area contributed by atoms with E-state index in [-0.39, 0.29) is 5.56 Å². The standard InChI is InChI=1S/C13H6F13NO2Se/c14-8(15,10(18,19)12(22,23)24)9(16,17)11(20,21)13(25,26)30-5-6-1-3-7(4-2-6)27(28)29/h1-4H,5H2. The Morgan fingerprint density at radius 1 is 0.700 bits per heavy atom. The predicted molar refractivity (Wildman–Crippen MR) is 73.3 cm³/mol. The van der Waals surface area contributed by atoms with Gasteiger partial charge in [-0.1, -0.05) is 0 Å². The summed E-state index contributed by atoms with van der Waals surface area (Å²) in [5.74, 6) is -30.8. The van der Waals surface area contributed by atoms with Gasteiger partial charge in [-0.3, -0.25) is 0 Å². The normalized spacial score (nSPS) is 14.7. The zero-order chi connectivity index (χ0) is 24.0. The summed E-state index contributed by atoms with van der Waals surface area (Å²) in [5.41, 5.74) is -0.962. The number of nitrogens with zero attached hydrogens (tertiary/aromatic N) is 1. The second-order valence-corrected chi connectivity index (χ2v) is 7.81. The number of nitro groups is 1. The number of benzene rings is 1. The number of alkyl halides is 13. The van der Waals surface area contributed by atoms with Crippen LogP contribution in [0.15, 0.2) is 24.3 Å². The average molecular weight is 534 g/mol. The third-order valence-corrected chi connectivity index (χ3v) is 5.77. The molecule has 0 aliphatic rings. The van der Waals surface area contributed by atoms with Crippen molar-refractivity contribution in [3.63, 3.8) is 0 Å². The maximum atomic E-state index is 13.6. The summed E-state index contributed by atoms with van der Waals surface area (Å²) in [5, 5.41) is 9.18. The summed E-state index contributed by atoms with van der Waals surface area (Å²) >= 11 is -3.07. The van der Waals surface area contributed by atoms with E-state index in [1.54, 1.807) is 0 Å². The summed E-state index contributed by atoms with van der Waals surface area (Å²) in [7, 11) is 0. The number of hydrogen-bond acceptors (Lipinski definition) is 2. The third-order valence-electron chi connectivity index (χ3n) is 3.47. The molecule has 0 saturated carbocycles. The van der Waals surface area contributed by atoms with E-state index >= 15 is 0 Å². The quantitative estimate of drug-likeness (QED) is 0.192. The fraction of sp³-hybridized carbons (Fsp3) is 0.538. The summed E-state index contributed by atoms with van der Waals surface area (Å²) in [6.45, 7) is 0. The van der Waals surface area contributed by atoms with Crippen molar-refractivity contribution in [1.29, 1.82) is 0 Å². The molecule has 0 unspecified atom stereocenters. The van der Waals surface area contributed by atoms with Gasteiger partial charge in [-0.25, -0.2) is 0 Å². The molecule has 0 amide bonds. The number of rotatable bonds is 8. The van der Waals surface area contributed by atoms with Gasteiger partial charge >= 0.3 is 163 Å². The Kier molecular flexibility index (Phi) is 6.77. The van der Waals surface area contributed by atoms with Crippen LogP contribution >= 0.6 is 0 Å². The van der Waals surface area contributed by atoms with Crippen LogP contribution in [-0.2, 0) is 5.32 Å². The Labute approximate surface area is 163 Å². The summed E-state index contributed by atoms with van der Waals surface area (Å²) in [6.07, 6.45) is -7.45. The monoisotopic (exact) mass is 535 g/mol. The van der Waals surface area contributed by atoms with E-state index in [4.69, 9.17) is 0 Å². The minimum atomic E-state index is -7.92. The molecule has 1 aromatic rings. The first kappa shape index (κ1) is 26.3. The van der Waals surface area contributed by atoms with Crippen molar-refractivity contribution >= 4 is 20.6 Å². The molecule has 3 nitrogen and oxygen atoms in total. The second-order valence-electron chi connectivity index (χ2n) is 5.52. The Hall–Kier alpha value is -1.77. The van der Waals surface area contributed by atoms with Gasteiger partial charge in [0, 0.05) is 0 Å². The van der Waals surface area contributed by atoms with Crippen molar-refractivity contribution in [2.24, 2.45) is 0 Å². The van der Waals surface area contributed by atoms with Gasteiger partial charge in [0.25, 0.3) is 0 Å². The molecule has 0 saturated heterocycles. The Balaban J connectivity index is 3.20. The number of halogens is 13. The van der Waals surface area contributed by atoms with Crippen LogP contribution < -0.4 is 0 Å². The maximum absolute atomic E-state index is 13.6. The fourth-order valence-electron chi connectivity index (χ4n) is 1.73. The van der Waals surface area contributed by atoms with Crippen molar-refractivity contribution in [2.45, 2.75) is 40.0 Å². The van der Waals surface area contributed by atoms with Crippen LogP contribution in [0.2, 0.25) is 0 Å². The van der Waals surface area contributed by atoms with Crippen molar-refractivity contribution in [3.8, 4) is 0 Å². The fourth-order valence-corrected chi connectivity index (χ4v) is 3.52. The van der Waals surface area contributed by atoms with Crippen molar-refractivity contribution < 1.29 is 62.0 Å². The number of nitro benzene ring substituents is 1. The molecule has 172 valence electrons. The van der Waals surface area contributed by atoms with E-state index in [1.807, 2.05) is 0 Å². The molecule has 0 N–H and O–H groups in total. The van der Waals surface area contributed by atoms with Crippen LogP contribution in [0.5, 0.6) is 0 Å². The van der Waals surface area contributed by atoms with Gasteiger partial charge in [0.2, 0.25) is 0 Å². The zero-order valence-corrected chi connectivity index (χ0v) is 15.3. The third kappa shape index (κ3) is 4.18. The molecular formula is C13H6F13NO2Se. The summed E-state index contributed by atoms with van der Waals surface area (Å²) in [4.78, 5) is 3.35. The van der Waals surface area contributed by atoms with Gasteiger partial charge in [0.1, 0.15) is 0 Å². The first-order valence-corrected chi connectivity index (χ1v) is 9.03. The van der Waals surface area contributed by atoms with Crippen LogP contribution in [0.4, 0.5) is 62.8 Å². The van der Waals surface area contributed by atoms with Gasteiger partial charge in [-0.2, -0.15) is 0 Å². The van der Waals surface area contributed by atoms with E-state index in [2.05, 4.69) is 0 Å². The number of hydrogen-bond donors (Lipinski definition) is 0. The van der Waals surface area contributed by atoms with Gasteiger partial charge < -0.3 is 0 Å². The van der Waals surface area contributed by atoms with Crippen LogP contribution in [-0.4, -0.2) is 54.6 Å². The molecule has 0 aliphatic heterocycles. The minimum absolute atomic E-state index is 0.383. The zero-order valence-electron chi connectivity index (χ0n) is 13.6. The molecule has 0 aliphatic carbocycles. The van der Waals surface area contributed by atoms with Gasteiger partial charge in [-0.15, -0.1) is 0 Å². The topological polar surface area (TPSA) is 43.1 Å². The van der Waals surface area contributed by atoms with E-state index in [9.17, 15) is 67.2 Å². The Morgan fingerprint density at radius 2 is 1.10 bits per heavy atom. The van der Waals surface area contributed by atoms with Crippen molar-refractivity contribution in [1.82, 2.24) is 0 Å². The average Bonchev–Trinajstić information content (AvgIpc) is 2.58. The molecule has 0 bridgehead atoms. The summed E-state index contributed by atoms with van der Waals surface area (Å²) in [6, 6.07) is 2.87. The van der Waals surface area contributed by atoms with E-state index in [1.165, 1.54) is 0 Å². The molecule has 0 fully saturated rings. The van der Waals surface area contributed by atoms with Crippen LogP contribution in [0, 0.1) is 10.1 Å². The van der Waals surface area contributed by atoms with Gasteiger partial charge in [0.15, 0.2) is 0 Å². The van der Waals surface area contributed by atoms with Crippen LogP contribution in [0.25, 0.3) is 0 Å². The Morgan fingerprint density at radius 3 is 1.47 bits per heavy atom. The molecule has 0 atom stereocenters. The molecule has 30 heavy (non-hydrogen) atoms. The molecular weight excluding hydrogens is 528 g/mol. The van der Waals surface area contributed by atoms with E-state index in [0.717, 1.165) is 12.1 Å². The SMILES string of the molecule is O=[N+]([O-])c1ccc(C[Se]C(F)(F)C(F)(F)C(F)(F)C(F)(F)C(F)(F)C(F)(F)F)cc1. The van der Waals surface area contributed by atoms with E-state index < -0.39 is 65.6 Å². The summed E-state index contributed by atoms with van der Waals surface area (Å²) < 4.78 is 168. The second kappa shape index (κ2) is 7.73.